The molecule has 0 amide bonds. The third-order valence-electron chi connectivity index (χ3n) is 4.09. The topological polar surface area (TPSA) is 12.5 Å². The van der Waals surface area contributed by atoms with E-state index in [1.54, 1.807) is 35.4 Å². The molecule has 0 unspecified atom stereocenters. The van der Waals surface area contributed by atoms with E-state index in [4.69, 9.17) is 4.84 Å². The summed E-state index contributed by atoms with van der Waals surface area (Å²) in [5.41, 5.74) is 0.689. The summed E-state index contributed by atoms with van der Waals surface area (Å²) in [7, 11) is 1.53. The van der Waals surface area contributed by atoms with Gasteiger partial charge in [0.2, 0.25) is 0 Å². The molecule has 0 N–H and O–H groups in total. The fourth-order valence-corrected chi connectivity index (χ4v) is 3.59. The SMILES string of the molecule is CON1CC(c2cccc(-c3ccccc3I)c2C(F)(F)F)C1. The molecule has 0 saturated carbocycles. The number of hydroxylamine groups is 2. The molecule has 1 heterocycles. The zero-order chi connectivity index (χ0) is 16.6. The van der Waals surface area contributed by atoms with E-state index in [0.29, 0.717) is 24.2 Å². The Kier molecular flexibility index (Phi) is 4.66. The maximum atomic E-state index is 13.8. The highest BCUT2D eigenvalue weighted by Crippen LogP contribution is 2.44. The molecule has 0 bridgehead atoms. The Morgan fingerprint density at radius 1 is 1.04 bits per heavy atom. The first-order chi connectivity index (χ1) is 10.9. The molecule has 2 nitrogen and oxygen atoms in total. The van der Waals surface area contributed by atoms with E-state index in [1.165, 1.54) is 7.11 Å². The number of hydrogen-bond donors (Lipinski definition) is 0. The van der Waals surface area contributed by atoms with Gasteiger partial charge in [0.25, 0.3) is 0 Å². The van der Waals surface area contributed by atoms with Gasteiger partial charge in [-0.3, -0.25) is 0 Å². The van der Waals surface area contributed by atoms with E-state index in [9.17, 15) is 13.2 Å². The summed E-state index contributed by atoms with van der Waals surface area (Å²) in [6.45, 7) is 0.962. The quantitative estimate of drug-likeness (QED) is 0.637. The van der Waals surface area contributed by atoms with Crippen LogP contribution in [0, 0.1) is 3.57 Å². The zero-order valence-electron chi connectivity index (χ0n) is 12.4. The summed E-state index contributed by atoms with van der Waals surface area (Å²) >= 11 is 2.07. The van der Waals surface area contributed by atoms with Crippen molar-refractivity contribution >= 4 is 22.6 Å². The largest absolute Gasteiger partial charge is 0.417 e. The second-order valence-corrected chi connectivity index (χ2v) is 6.64. The van der Waals surface area contributed by atoms with Gasteiger partial charge < -0.3 is 4.84 Å². The van der Waals surface area contributed by atoms with E-state index in [-0.39, 0.29) is 11.5 Å². The van der Waals surface area contributed by atoms with Gasteiger partial charge in [-0.15, -0.1) is 0 Å². The Labute approximate surface area is 146 Å². The molecule has 6 heteroatoms. The first kappa shape index (κ1) is 16.7. The zero-order valence-corrected chi connectivity index (χ0v) is 14.6. The lowest BCUT2D eigenvalue weighted by atomic mass is 9.85. The fraction of sp³-hybridized carbons (Fsp3) is 0.294. The average Bonchev–Trinajstić information content (AvgIpc) is 2.45. The molecular formula is C17H15F3INO. The van der Waals surface area contributed by atoms with Gasteiger partial charge in [0.15, 0.2) is 0 Å². The fourth-order valence-electron chi connectivity index (χ4n) is 2.91. The van der Waals surface area contributed by atoms with Crippen molar-refractivity contribution in [1.29, 1.82) is 0 Å². The molecule has 0 aromatic heterocycles. The molecule has 0 spiro atoms. The Morgan fingerprint density at radius 3 is 2.30 bits per heavy atom. The number of rotatable bonds is 3. The van der Waals surface area contributed by atoms with E-state index in [1.807, 2.05) is 12.1 Å². The molecule has 23 heavy (non-hydrogen) atoms. The summed E-state index contributed by atoms with van der Waals surface area (Å²) in [5.74, 6) is -0.159. The Bertz CT molecular complexity index is 711. The number of nitrogens with zero attached hydrogens (tertiary/aromatic N) is 1. The van der Waals surface area contributed by atoms with Crippen LogP contribution in [0.4, 0.5) is 13.2 Å². The predicted octanol–water partition coefficient (Wildman–Crippen LogP) is 4.94. The van der Waals surface area contributed by atoms with Gasteiger partial charge in [0.05, 0.1) is 12.7 Å². The summed E-state index contributed by atoms with van der Waals surface area (Å²) in [6.07, 6.45) is -4.39. The molecule has 2 aromatic carbocycles. The molecule has 3 rings (SSSR count). The standard InChI is InChI=1S/C17H15F3INO/c1-23-22-9-11(10-22)12-6-4-7-14(16(12)17(18,19)20)13-5-2-3-8-15(13)21/h2-8,11H,9-10H2,1H3. The maximum absolute atomic E-state index is 13.8. The monoisotopic (exact) mass is 433 g/mol. The van der Waals surface area contributed by atoms with E-state index >= 15 is 0 Å². The van der Waals surface area contributed by atoms with Gasteiger partial charge in [-0.1, -0.05) is 36.4 Å². The van der Waals surface area contributed by atoms with Crippen molar-refractivity contribution in [2.24, 2.45) is 0 Å². The lowest BCUT2D eigenvalue weighted by Crippen LogP contribution is -2.44. The Balaban J connectivity index is 2.12. The highest BCUT2D eigenvalue weighted by molar-refractivity contribution is 14.1. The lowest BCUT2D eigenvalue weighted by Gasteiger charge is -2.38. The van der Waals surface area contributed by atoms with Crippen molar-refractivity contribution < 1.29 is 18.0 Å². The Morgan fingerprint density at radius 2 is 1.70 bits per heavy atom. The minimum Gasteiger partial charge on any atom is -0.302 e. The number of halogens is 4. The summed E-state index contributed by atoms with van der Waals surface area (Å²) < 4.78 is 42.1. The van der Waals surface area contributed by atoms with E-state index in [2.05, 4.69) is 22.6 Å². The molecular weight excluding hydrogens is 418 g/mol. The number of hydrogen-bond acceptors (Lipinski definition) is 2. The maximum Gasteiger partial charge on any atom is 0.417 e. The van der Waals surface area contributed by atoms with Gasteiger partial charge in [-0.25, -0.2) is 0 Å². The van der Waals surface area contributed by atoms with Crippen LogP contribution in [0.1, 0.15) is 17.0 Å². The van der Waals surface area contributed by atoms with E-state index < -0.39 is 11.7 Å². The smallest absolute Gasteiger partial charge is 0.302 e. The van der Waals surface area contributed by atoms with Crippen LogP contribution in [0.15, 0.2) is 42.5 Å². The van der Waals surface area contributed by atoms with Crippen LogP contribution in [0.3, 0.4) is 0 Å². The van der Waals surface area contributed by atoms with Crippen LogP contribution in [0.2, 0.25) is 0 Å². The first-order valence-electron chi connectivity index (χ1n) is 7.16. The van der Waals surface area contributed by atoms with Gasteiger partial charge in [-0.2, -0.15) is 18.2 Å². The van der Waals surface area contributed by atoms with Crippen molar-refractivity contribution in [2.75, 3.05) is 20.2 Å². The molecule has 0 atom stereocenters. The van der Waals surface area contributed by atoms with E-state index in [0.717, 1.165) is 3.57 Å². The van der Waals surface area contributed by atoms with Crippen LogP contribution in [0.25, 0.3) is 11.1 Å². The highest BCUT2D eigenvalue weighted by atomic mass is 127. The van der Waals surface area contributed by atoms with Gasteiger partial charge in [0.1, 0.15) is 0 Å². The van der Waals surface area contributed by atoms with Gasteiger partial charge >= 0.3 is 6.18 Å². The van der Waals surface area contributed by atoms with Crippen LogP contribution < -0.4 is 0 Å². The molecule has 0 aliphatic carbocycles. The van der Waals surface area contributed by atoms with Gasteiger partial charge in [0, 0.05) is 22.6 Å². The molecule has 1 aliphatic rings. The van der Waals surface area contributed by atoms with Crippen LogP contribution in [-0.4, -0.2) is 25.3 Å². The predicted molar refractivity (Wildman–Crippen MR) is 90.9 cm³/mol. The average molecular weight is 433 g/mol. The second kappa shape index (κ2) is 6.41. The minimum atomic E-state index is -4.39. The van der Waals surface area contributed by atoms with Crippen LogP contribution in [0.5, 0.6) is 0 Å². The third-order valence-corrected chi connectivity index (χ3v) is 5.03. The van der Waals surface area contributed by atoms with Crippen molar-refractivity contribution in [2.45, 2.75) is 12.1 Å². The third kappa shape index (κ3) is 3.25. The van der Waals surface area contributed by atoms with Crippen molar-refractivity contribution in [3.8, 4) is 11.1 Å². The Hall–Kier alpha value is -1.12. The minimum absolute atomic E-state index is 0.159. The lowest BCUT2D eigenvalue weighted by molar-refractivity contribution is -0.183. The number of benzene rings is 2. The summed E-state index contributed by atoms with van der Waals surface area (Å²) in [6, 6.07) is 12.0. The van der Waals surface area contributed by atoms with Gasteiger partial charge in [-0.05, 0) is 45.3 Å². The number of alkyl halides is 3. The molecule has 1 fully saturated rings. The van der Waals surface area contributed by atoms with Crippen molar-refractivity contribution in [3.05, 3.63) is 57.2 Å². The molecule has 122 valence electrons. The molecule has 1 saturated heterocycles. The molecule has 0 radical (unpaired) electrons. The van der Waals surface area contributed by atoms with Crippen molar-refractivity contribution in [1.82, 2.24) is 5.06 Å². The highest BCUT2D eigenvalue weighted by Gasteiger charge is 2.41. The van der Waals surface area contributed by atoms with Crippen LogP contribution >= 0.6 is 22.6 Å². The molecule has 1 aliphatic heterocycles. The molecule has 2 aromatic rings. The van der Waals surface area contributed by atoms with Crippen LogP contribution in [-0.2, 0) is 11.0 Å². The second-order valence-electron chi connectivity index (χ2n) is 5.47. The van der Waals surface area contributed by atoms with Crippen molar-refractivity contribution in [3.63, 3.8) is 0 Å². The normalized spacial score (nSPS) is 16.4. The summed E-state index contributed by atoms with van der Waals surface area (Å²) in [5, 5.41) is 1.66. The summed E-state index contributed by atoms with van der Waals surface area (Å²) in [4.78, 5) is 5.05. The first-order valence-corrected chi connectivity index (χ1v) is 8.23.